The number of ether oxygens (including phenoxy) is 4. The van der Waals surface area contributed by atoms with E-state index in [-0.39, 0.29) is 6.10 Å². The summed E-state index contributed by atoms with van der Waals surface area (Å²) in [6, 6.07) is 0. The third kappa shape index (κ3) is 15.6. The van der Waals surface area contributed by atoms with Crippen molar-refractivity contribution in [2.45, 2.75) is 171 Å². The molecule has 230 valence electrons. The van der Waals surface area contributed by atoms with Crippen LogP contribution in [0.4, 0.5) is 0 Å². The Balaban J connectivity index is 6.15. The molecule has 0 aromatic heterocycles. The second-order valence-corrected chi connectivity index (χ2v) is 11.6. The van der Waals surface area contributed by atoms with E-state index in [1.165, 1.54) is 32.1 Å². The zero-order valence-electron chi connectivity index (χ0n) is 27.5. The number of hydrogen-bond acceptors (Lipinski definition) is 4. The first kappa shape index (κ1) is 37.8. The lowest BCUT2D eigenvalue weighted by Gasteiger charge is -2.42. The highest BCUT2D eigenvalue weighted by Crippen LogP contribution is 2.32. The van der Waals surface area contributed by atoms with Crippen LogP contribution in [0.2, 0.25) is 0 Å². The lowest BCUT2D eigenvalue weighted by atomic mass is 10.0. The molecule has 0 heterocycles. The van der Waals surface area contributed by atoms with E-state index in [0.29, 0.717) is 43.5 Å². The second-order valence-electron chi connectivity index (χ2n) is 11.6. The second kappa shape index (κ2) is 24.6. The largest absolute Gasteiger partial charge is 0.369 e. The molecule has 0 bridgehead atoms. The quantitative estimate of drug-likeness (QED) is 0.0727. The third-order valence-corrected chi connectivity index (χ3v) is 8.93. The molecule has 1 atom stereocenters. The Morgan fingerprint density at radius 3 is 1.13 bits per heavy atom. The molecule has 0 aliphatic carbocycles. The first-order valence-electron chi connectivity index (χ1n) is 17.0. The highest BCUT2D eigenvalue weighted by atomic mass is 16.9. The van der Waals surface area contributed by atoms with Gasteiger partial charge in [-0.1, -0.05) is 152 Å². The van der Waals surface area contributed by atoms with Crippen LogP contribution in [0.3, 0.4) is 0 Å². The van der Waals surface area contributed by atoms with Gasteiger partial charge in [0.15, 0.2) is 0 Å². The highest BCUT2D eigenvalue weighted by molar-refractivity contribution is 4.77. The zero-order chi connectivity index (χ0) is 28.7. The van der Waals surface area contributed by atoms with E-state index in [0.717, 1.165) is 70.8 Å². The minimum atomic E-state index is -1.14. The number of hydrogen-bond donors (Lipinski definition) is 0. The summed E-state index contributed by atoms with van der Waals surface area (Å²) in [6.07, 6.45) is 17.1. The van der Waals surface area contributed by atoms with Gasteiger partial charge in [0.25, 0.3) is 0 Å². The van der Waals surface area contributed by atoms with Gasteiger partial charge in [-0.05, 0) is 30.1 Å². The fourth-order valence-corrected chi connectivity index (χ4v) is 4.93. The van der Waals surface area contributed by atoms with Gasteiger partial charge in [-0.2, -0.15) is 0 Å². The highest BCUT2D eigenvalue weighted by Gasteiger charge is 2.45. The summed E-state index contributed by atoms with van der Waals surface area (Å²) in [5, 5.41) is 0. The summed E-state index contributed by atoms with van der Waals surface area (Å²) in [4.78, 5) is 0. The van der Waals surface area contributed by atoms with Crippen molar-refractivity contribution in [2.24, 2.45) is 23.7 Å². The van der Waals surface area contributed by atoms with Crippen LogP contribution >= 0.6 is 0 Å². The summed E-state index contributed by atoms with van der Waals surface area (Å²) < 4.78 is 27.3. The number of rotatable bonds is 28. The van der Waals surface area contributed by atoms with Crippen LogP contribution in [0, 0.1) is 23.7 Å². The minimum absolute atomic E-state index is 0.215. The third-order valence-electron chi connectivity index (χ3n) is 8.93. The molecule has 0 amide bonds. The predicted octanol–water partition coefficient (Wildman–Crippen LogP) is 10.6. The first-order chi connectivity index (χ1) is 18.4. The first-order valence-corrected chi connectivity index (χ1v) is 17.0. The molecule has 0 N–H and O–H groups in total. The van der Waals surface area contributed by atoms with Crippen molar-refractivity contribution in [1.82, 2.24) is 0 Å². The molecule has 4 nitrogen and oxygen atoms in total. The van der Waals surface area contributed by atoms with Crippen molar-refractivity contribution in [2.75, 3.05) is 26.4 Å². The van der Waals surface area contributed by atoms with Crippen molar-refractivity contribution >= 4 is 0 Å². The van der Waals surface area contributed by atoms with Gasteiger partial charge in [0, 0.05) is 0 Å². The van der Waals surface area contributed by atoms with E-state index >= 15 is 0 Å². The van der Waals surface area contributed by atoms with Crippen LogP contribution in [0.5, 0.6) is 0 Å². The maximum absolute atomic E-state index is 6.84. The molecule has 1 unspecified atom stereocenters. The Hall–Kier alpha value is -0.160. The van der Waals surface area contributed by atoms with E-state index in [4.69, 9.17) is 18.9 Å². The van der Waals surface area contributed by atoms with Gasteiger partial charge in [-0.15, -0.1) is 0 Å². The molecule has 38 heavy (non-hydrogen) atoms. The van der Waals surface area contributed by atoms with Crippen molar-refractivity contribution in [3.05, 3.63) is 0 Å². The van der Waals surface area contributed by atoms with Gasteiger partial charge in [-0.3, -0.25) is 0 Å². The average Bonchev–Trinajstić information content (AvgIpc) is 2.95. The van der Waals surface area contributed by atoms with Crippen LogP contribution in [-0.2, 0) is 18.9 Å². The van der Waals surface area contributed by atoms with Gasteiger partial charge in [0.2, 0.25) is 0 Å². The van der Waals surface area contributed by atoms with Crippen LogP contribution in [0.15, 0.2) is 0 Å². The Morgan fingerprint density at radius 2 is 0.763 bits per heavy atom. The molecule has 0 saturated heterocycles. The molecule has 0 fully saturated rings. The molecular formula is C34H70O4. The van der Waals surface area contributed by atoms with Gasteiger partial charge < -0.3 is 18.9 Å². The fraction of sp³-hybridized carbons (Fsp3) is 1.00. The Kier molecular flexibility index (Phi) is 24.5. The summed E-state index contributed by atoms with van der Waals surface area (Å²) >= 11 is 0. The smallest absolute Gasteiger partial charge is 0.310 e. The summed E-state index contributed by atoms with van der Waals surface area (Å²) in [5.74, 6) is 0.907. The topological polar surface area (TPSA) is 36.9 Å². The van der Waals surface area contributed by atoms with Gasteiger partial charge in [-0.25, -0.2) is 0 Å². The number of unbranched alkanes of at least 4 members (excludes halogenated alkanes) is 5. The lowest BCUT2D eigenvalue weighted by Crippen LogP contribution is -2.53. The minimum Gasteiger partial charge on any atom is -0.369 e. The van der Waals surface area contributed by atoms with E-state index in [1.807, 2.05) is 0 Å². The van der Waals surface area contributed by atoms with Gasteiger partial charge in [0.1, 0.15) is 6.10 Å². The molecule has 0 aliphatic rings. The molecule has 0 aromatic carbocycles. The van der Waals surface area contributed by atoms with Crippen LogP contribution in [0.1, 0.15) is 159 Å². The molecular weight excluding hydrogens is 472 g/mol. The van der Waals surface area contributed by atoms with E-state index in [2.05, 4.69) is 62.3 Å². The van der Waals surface area contributed by atoms with E-state index in [1.54, 1.807) is 0 Å². The molecule has 0 rings (SSSR count). The van der Waals surface area contributed by atoms with E-state index in [9.17, 15) is 0 Å². The predicted molar refractivity (Wildman–Crippen MR) is 165 cm³/mol. The maximum Gasteiger partial charge on any atom is 0.310 e. The van der Waals surface area contributed by atoms with Crippen molar-refractivity contribution in [1.29, 1.82) is 0 Å². The Labute approximate surface area is 239 Å². The molecule has 0 spiro atoms. The Bertz CT molecular complexity index is 440. The van der Waals surface area contributed by atoms with Crippen molar-refractivity contribution < 1.29 is 18.9 Å². The standard InChI is InChI=1S/C34H70O4/c1-10-19-20-21-22-23-24-33(35-25-29(11-2)12-3)34(36-26-30(13-4)14-5,37-27-31(15-6)16-7)38-28-32(17-8)18-9/h29-33H,10-28H2,1-9H3. The normalized spacial score (nSPS) is 13.5. The molecule has 0 aromatic rings. The summed E-state index contributed by atoms with van der Waals surface area (Å²) in [7, 11) is 0. The fourth-order valence-electron chi connectivity index (χ4n) is 4.93. The van der Waals surface area contributed by atoms with Crippen molar-refractivity contribution in [3.8, 4) is 0 Å². The van der Waals surface area contributed by atoms with Crippen LogP contribution in [0.25, 0.3) is 0 Å². The maximum atomic E-state index is 6.84. The summed E-state index contributed by atoms with van der Waals surface area (Å²) in [5.41, 5.74) is 0. The summed E-state index contributed by atoms with van der Waals surface area (Å²) in [6.45, 7) is 23.1. The lowest BCUT2D eigenvalue weighted by molar-refractivity contribution is -0.425. The van der Waals surface area contributed by atoms with Crippen molar-refractivity contribution in [3.63, 3.8) is 0 Å². The zero-order valence-corrected chi connectivity index (χ0v) is 27.5. The van der Waals surface area contributed by atoms with Gasteiger partial charge >= 0.3 is 5.97 Å². The molecule has 4 heteroatoms. The van der Waals surface area contributed by atoms with Crippen LogP contribution in [-0.4, -0.2) is 38.5 Å². The van der Waals surface area contributed by atoms with E-state index < -0.39 is 5.97 Å². The SMILES string of the molecule is CCCCCCCCC(OCC(CC)CC)C(OCC(CC)CC)(OCC(CC)CC)OCC(CC)CC. The Morgan fingerprint density at radius 1 is 0.421 bits per heavy atom. The van der Waals surface area contributed by atoms with Gasteiger partial charge in [0.05, 0.1) is 26.4 Å². The monoisotopic (exact) mass is 543 g/mol. The molecule has 0 aliphatic heterocycles. The average molecular weight is 543 g/mol. The molecule has 0 saturated carbocycles. The molecule has 0 radical (unpaired) electrons. The van der Waals surface area contributed by atoms with Crippen LogP contribution < -0.4 is 0 Å².